The molecule has 1 aromatic carbocycles. The molecule has 0 heterocycles. The predicted molar refractivity (Wildman–Crippen MR) is 108 cm³/mol. The van der Waals surface area contributed by atoms with Gasteiger partial charge in [-0.15, -0.1) is 0 Å². The van der Waals surface area contributed by atoms with E-state index < -0.39 is 0 Å². The van der Waals surface area contributed by atoms with Crippen molar-refractivity contribution >= 4 is 27.6 Å². The third-order valence-electron chi connectivity index (χ3n) is 7.34. The summed E-state index contributed by atoms with van der Waals surface area (Å²) in [5, 5.41) is 0.946. The number of Topliss-reactive ketones (excluding diaryl/α,β-unsaturated/α-hetero) is 1. The number of primary amides is 1. The van der Waals surface area contributed by atoms with Crippen molar-refractivity contribution in [3.8, 4) is 5.75 Å². The lowest BCUT2D eigenvalue weighted by Gasteiger charge is -2.49. The third kappa shape index (κ3) is 3.12. The van der Waals surface area contributed by atoms with Crippen molar-refractivity contribution in [2.75, 3.05) is 11.9 Å². The molecule has 4 rings (SSSR count). The van der Waals surface area contributed by atoms with E-state index in [0.717, 1.165) is 49.8 Å². The zero-order chi connectivity index (χ0) is 19.2. The Morgan fingerprint density at radius 3 is 2.93 bits per heavy atom. The molecule has 4 nitrogen and oxygen atoms in total. The Kier molecular flexibility index (Phi) is 5.08. The number of benzene rings is 1. The molecule has 5 heteroatoms. The average molecular weight is 434 g/mol. The van der Waals surface area contributed by atoms with Crippen LogP contribution in [-0.2, 0) is 16.0 Å². The smallest absolute Gasteiger partial charge is 0.221 e. The monoisotopic (exact) mass is 433 g/mol. The molecule has 1 aromatic rings. The normalized spacial score (nSPS) is 34.5. The highest BCUT2D eigenvalue weighted by Gasteiger charge is 2.60. The lowest BCUT2D eigenvalue weighted by molar-refractivity contribution is -0.129. The summed E-state index contributed by atoms with van der Waals surface area (Å²) in [6.45, 7) is 2.80. The maximum Gasteiger partial charge on any atom is 0.221 e. The van der Waals surface area contributed by atoms with E-state index in [2.05, 4.69) is 41.1 Å². The van der Waals surface area contributed by atoms with Crippen LogP contribution in [0.5, 0.6) is 5.75 Å². The number of nitrogens with two attached hydrogens (primary N) is 1. The number of amides is 1. The summed E-state index contributed by atoms with van der Waals surface area (Å²) in [4.78, 5) is 24.8. The second kappa shape index (κ2) is 7.23. The van der Waals surface area contributed by atoms with Gasteiger partial charge in [-0.2, -0.15) is 0 Å². The highest BCUT2D eigenvalue weighted by atomic mass is 79.9. The van der Waals surface area contributed by atoms with E-state index in [-0.39, 0.29) is 28.9 Å². The van der Waals surface area contributed by atoms with Crippen LogP contribution in [0.4, 0.5) is 0 Å². The third-order valence-corrected chi connectivity index (χ3v) is 7.90. The van der Waals surface area contributed by atoms with Crippen molar-refractivity contribution in [1.82, 2.24) is 0 Å². The van der Waals surface area contributed by atoms with Gasteiger partial charge in [-0.3, -0.25) is 9.59 Å². The van der Waals surface area contributed by atoms with Gasteiger partial charge in [0, 0.05) is 23.1 Å². The quantitative estimate of drug-likeness (QED) is 0.563. The van der Waals surface area contributed by atoms with Gasteiger partial charge >= 0.3 is 0 Å². The van der Waals surface area contributed by atoms with Crippen LogP contribution in [0.3, 0.4) is 0 Å². The number of halogens is 1. The molecule has 0 aliphatic heterocycles. The second-order valence-corrected chi connectivity index (χ2v) is 9.47. The van der Waals surface area contributed by atoms with E-state index in [4.69, 9.17) is 10.5 Å². The lowest BCUT2D eigenvalue weighted by atomic mass is 9.54. The molecule has 2 fully saturated rings. The minimum absolute atomic E-state index is 0.101. The van der Waals surface area contributed by atoms with Crippen LogP contribution in [0.15, 0.2) is 18.2 Å². The topological polar surface area (TPSA) is 69.4 Å². The van der Waals surface area contributed by atoms with Gasteiger partial charge < -0.3 is 10.5 Å². The molecule has 0 bridgehead atoms. The van der Waals surface area contributed by atoms with Gasteiger partial charge in [0.1, 0.15) is 11.5 Å². The molecule has 1 amide bonds. The number of alkyl halides is 1. The Morgan fingerprint density at radius 2 is 2.19 bits per heavy atom. The summed E-state index contributed by atoms with van der Waals surface area (Å²) in [6, 6.07) is 6.49. The van der Waals surface area contributed by atoms with Crippen LogP contribution in [0, 0.1) is 23.2 Å². The summed E-state index contributed by atoms with van der Waals surface area (Å²) in [6.07, 6.45) is 5.23. The zero-order valence-corrected chi connectivity index (χ0v) is 17.5. The SMILES string of the molecule is C[C@]12CC[C@@H]3c4ccc(OCCCBr)cc4CC[C@H]3[C@@H]1[C@@H](C(N)=O)CC2=O. The van der Waals surface area contributed by atoms with Gasteiger partial charge in [0.25, 0.3) is 0 Å². The first kappa shape index (κ1) is 19.0. The van der Waals surface area contributed by atoms with Crippen molar-refractivity contribution in [2.24, 2.45) is 28.9 Å². The fraction of sp³-hybridized carbons (Fsp3) is 0.636. The standard InChI is InChI=1S/C22H28BrNO3/c1-22-8-7-16-15-6-4-14(27-10-2-9-23)11-13(15)3-5-17(16)20(22)18(21(24)26)12-19(22)25/h4,6,11,16-18,20H,2-3,5,7-10,12H2,1H3,(H2,24,26)/t16-,17-,18+,20-,22-/m1/s1. The van der Waals surface area contributed by atoms with E-state index in [1.807, 2.05) is 0 Å². The maximum absolute atomic E-state index is 12.7. The van der Waals surface area contributed by atoms with Crippen molar-refractivity contribution in [3.05, 3.63) is 29.3 Å². The summed E-state index contributed by atoms with van der Waals surface area (Å²) in [5.74, 6) is 1.51. The Labute approximate surface area is 169 Å². The molecule has 27 heavy (non-hydrogen) atoms. The summed E-state index contributed by atoms with van der Waals surface area (Å²) in [7, 11) is 0. The van der Waals surface area contributed by atoms with Gasteiger partial charge in [0.05, 0.1) is 6.61 Å². The summed E-state index contributed by atoms with van der Waals surface area (Å²) < 4.78 is 5.86. The number of carbonyl (C=O) groups excluding carboxylic acids is 2. The number of ether oxygens (including phenoxy) is 1. The fourth-order valence-electron chi connectivity index (χ4n) is 6.05. The van der Waals surface area contributed by atoms with E-state index in [1.54, 1.807) is 0 Å². The molecule has 3 aliphatic carbocycles. The molecule has 146 valence electrons. The van der Waals surface area contributed by atoms with Crippen molar-refractivity contribution < 1.29 is 14.3 Å². The van der Waals surface area contributed by atoms with Crippen molar-refractivity contribution in [2.45, 2.75) is 51.4 Å². The number of hydrogen-bond acceptors (Lipinski definition) is 3. The average Bonchev–Trinajstić information content (AvgIpc) is 2.93. The second-order valence-electron chi connectivity index (χ2n) is 8.68. The van der Waals surface area contributed by atoms with Gasteiger partial charge in [-0.25, -0.2) is 0 Å². The van der Waals surface area contributed by atoms with E-state index in [9.17, 15) is 9.59 Å². The lowest BCUT2D eigenvalue weighted by Crippen LogP contribution is -2.46. The first-order valence-corrected chi connectivity index (χ1v) is 11.2. The van der Waals surface area contributed by atoms with E-state index in [0.29, 0.717) is 18.3 Å². The highest BCUT2D eigenvalue weighted by Crippen LogP contribution is 2.61. The van der Waals surface area contributed by atoms with Gasteiger partial charge in [-0.1, -0.05) is 28.9 Å². The number of fused-ring (bicyclic) bond motifs is 5. The van der Waals surface area contributed by atoms with Crippen LogP contribution in [-0.4, -0.2) is 23.6 Å². The summed E-state index contributed by atoms with van der Waals surface area (Å²) >= 11 is 3.43. The highest BCUT2D eigenvalue weighted by molar-refractivity contribution is 9.09. The molecule has 0 aromatic heterocycles. The van der Waals surface area contributed by atoms with Crippen molar-refractivity contribution in [3.63, 3.8) is 0 Å². The Bertz CT molecular complexity index is 764. The Hall–Kier alpha value is -1.36. The molecule has 0 radical (unpaired) electrons. The largest absolute Gasteiger partial charge is 0.494 e. The van der Waals surface area contributed by atoms with Gasteiger partial charge in [0.2, 0.25) is 5.91 Å². The molecular weight excluding hydrogens is 406 g/mol. The molecule has 3 aliphatic rings. The van der Waals surface area contributed by atoms with Crippen LogP contribution in [0.25, 0.3) is 0 Å². The van der Waals surface area contributed by atoms with Crippen LogP contribution < -0.4 is 10.5 Å². The number of rotatable bonds is 5. The molecule has 0 spiro atoms. The van der Waals surface area contributed by atoms with Gasteiger partial charge in [-0.05, 0) is 73.1 Å². The van der Waals surface area contributed by atoms with Crippen LogP contribution in [0.2, 0.25) is 0 Å². The maximum atomic E-state index is 12.7. The first-order chi connectivity index (χ1) is 13.0. The zero-order valence-electron chi connectivity index (χ0n) is 15.9. The Balaban J connectivity index is 1.61. The van der Waals surface area contributed by atoms with E-state index >= 15 is 0 Å². The number of carbonyl (C=O) groups is 2. The first-order valence-electron chi connectivity index (χ1n) is 10.1. The van der Waals surface area contributed by atoms with Crippen LogP contribution >= 0.6 is 15.9 Å². The Morgan fingerprint density at radius 1 is 1.37 bits per heavy atom. The van der Waals surface area contributed by atoms with Gasteiger partial charge in [0.15, 0.2) is 0 Å². The minimum atomic E-state index is -0.364. The number of hydrogen-bond donors (Lipinski definition) is 1. The molecule has 0 saturated heterocycles. The fourth-order valence-corrected chi connectivity index (χ4v) is 6.28. The van der Waals surface area contributed by atoms with Crippen LogP contribution in [0.1, 0.15) is 56.1 Å². The predicted octanol–water partition coefficient (Wildman–Crippen LogP) is 3.99. The summed E-state index contributed by atoms with van der Waals surface area (Å²) in [5.41, 5.74) is 8.11. The van der Waals surface area contributed by atoms with Crippen molar-refractivity contribution in [1.29, 1.82) is 0 Å². The molecular formula is C22H28BrNO3. The molecule has 2 N–H and O–H groups in total. The molecule has 2 saturated carbocycles. The number of ketones is 1. The molecule has 0 unspecified atom stereocenters. The number of aryl methyl sites for hydroxylation is 1. The molecule has 5 atom stereocenters. The van der Waals surface area contributed by atoms with E-state index in [1.165, 1.54) is 11.1 Å². The minimum Gasteiger partial charge on any atom is -0.494 e.